The van der Waals surface area contributed by atoms with Crippen LogP contribution in [0.4, 0.5) is 14.5 Å². The molecule has 9 nitrogen and oxygen atoms in total. The van der Waals surface area contributed by atoms with Crippen LogP contribution in [0.1, 0.15) is 66.6 Å². The zero-order valence-corrected chi connectivity index (χ0v) is 30.3. The number of fused-ring (bicyclic) bond motifs is 1. The van der Waals surface area contributed by atoms with Gasteiger partial charge in [0.05, 0.1) is 34.8 Å². The highest BCUT2D eigenvalue weighted by atomic mass is 35.5. The molecule has 2 saturated heterocycles. The van der Waals surface area contributed by atoms with Crippen LogP contribution >= 0.6 is 11.8 Å². The summed E-state index contributed by atoms with van der Waals surface area (Å²) in [5.74, 6) is -2.39. The lowest BCUT2D eigenvalue weighted by atomic mass is 9.96. The van der Waals surface area contributed by atoms with Crippen molar-refractivity contribution in [2.75, 3.05) is 30.6 Å². The minimum atomic E-state index is -1.30. The number of aromatic amines is 1. The van der Waals surface area contributed by atoms with E-state index < -0.39 is 23.1 Å². The van der Waals surface area contributed by atoms with Crippen molar-refractivity contribution in [3.05, 3.63) is 101 Å². The lowest BCUT2D eigenvalue weighted by molar-refractivity contribution is -0.0539. The van der Waals surface area contributed by atoms with Crippen LogP contribution in [0.15, 0.2) is 67.0 Å². The minimum absolute atomic E-state index is 0.0456. The van der Waals surface area contributed by atoms with Crippen molar-refractivity contribution in [3.63, 3.8) is 0 Å². The Balaban J connectivity index is 1.07. The molecule has 4 heterocycles. The summed E-state index contributed by atoms with van der Waals surface area (Å²) in [5, 5.41) is 14.3. The fourth-order valence-corrected chi connectivity index (χ4v) is 7.43. The molecular formula is C40H43ClF2N6O3. The van der Waals surface area contributed by atoms with E-state index >= 15 is 8.78 Å². The second-order valence-electron chi connectivity index (χ2n) is 14.4. The number of likely N-dealkylation sites (tertiary alicyclic amines) is 1. The lowest BCUT2D eigenvalue weighted by Crippen LogP contribution is -2.40. The van der Waals surface area contributed by atoms with Crippen LogP contribution in [-0.4, -0.2) is 69.3 Å². The Labute approximate surface area is 307 Å². The summed E-state index contributed by atoms with van der Waals surface area (Å²) in [6, 6.07) is 16.6. The van der Waals surface area contributed by atoms with Crippen molar-refractivity contribution in [1.82, 2.24) is 25.2 Å². The molecule has 12 heteroatoms. The van der Waals surface area contributed by atoms with Gasteiger partial charge in [-0.3, -0.25) is 9.69 Å². The van der Waals surface area contributed by atoms with Crippen LogP contribution in [-0.2, 0) is 16.9 Å². The Hall–Kier alpha value is -4.26. The number of carbonyl (C=O) groups is 1. The predicted octanol–water partition coefficient (Wildman–Crippen LogP) is 7.64. The van der Waals surface area contributed by atoms with Crippen molar-refractivity contribution in [2.45, 2.75) is 70.8 Å². The molecule has 0 unspecified atom stereocenters. The molecule has 3 N–H and O–H groups in total. The van der Waals surface area contributed by atoms with E-state index in [2.05, 4.69) is 49.4 Å². The fraction of sp³-hybridized carbons (Fsp3) is 0.375. The van der Waals surface area contributed by atoms with Crippen molar-refractivity contribution >= 4 is 34.4 Å². The van der Waals surface area contributed by atoms with Gasteiger partial charge in [0, 0.05) is 48.1 Å². The number of nitrogens with zero attached hydrogens (tertiary/aromatic N) is 4. The Morgan fingerprint density at radius 1 is 1.00 bits per heavy atom. The first kappa shape index (κ1) is 36.1. The van der Waals surface area contributed by atoms with E-state index in [0.717, 1.165) is 81.8 Å². The zero-order valence-electron chi connectivity index (χ0n) is 29.6. The maximum atomic E-state index is 15.2. The standard InChI is InChI=1S/C40H43ClF2N6O3/c1-24-32(19-28(42)20-36(24)49(41)39(50)31-9-8-27(18-34(31)43)40(2,3)51)37-33-21-35(47-38(33)46-23-45-37)26-6-4-25(5-7-26)22-48-16-12-30(13-17-48)52-29-10-14-44-15-11-29/h4-9,18-21,23,29-30,44,51H,10-17,22H2,1-3H3,(H,45,46,47). The van der Waals surface area contributed by atoms with Gasteiger partial charge in [0.25, 0.3) is 5.91 Å². The number of halogens is 3. The van der Waals surface area contributed by atoms with Gasteiger partial charge in [0.1, 0.15) is 23.6 Å². The molecule has 2 fully saturated rings. The summed E-state index contributed by atoms with van der Waals surface area (Å²) in [6.45, 7) is 9.73. The SMILES string of the molecule is Cc1c(-c2ncnc3[nH]c(-c4ccc(CN5CCC(OC6CCNCC6)CC5)cc4)cc23)cc(F)cc1N(Cl)C(=O)c1ccc(C(C)(C)O)cc1F. The maximum absolute atomic E-state index is 15.2. The summed E-state index contributed by atoms with van der Waals surface area (Å²) in [6.07, 6.45) is 6.46. The smallest absolute Gasteiger partial charge is 0.275 e. The van der Waals surface area contributed by atoms with Crippen LogP contribution in [0.2, 0.25) is 0 Å². The van der Waals surface area contributed by atoms with Crippen LogP contribution < -0.4 is 9.74 Å². The Bertz CT molecular complexity index is 2070. The summed E-state index contributed by atoms with van der Waals surface area (Å²) in [4.78, 5) is 28.1. The zero-order chi connectivity index (χ0) is 36.6. The molecule has 2 aromatic heterocycles. The summed E-state index contributed by atoms with van der Waals surface area (Å²) < 4.78 is 37.3. The average molecular weight is 729 g/mol. The third kappa shape index (κ3) is 7.74. The first-order chi connectivity index (χ1) is 24.9. The van der Waals surface area contributed by atoms with Gasteiger partial charge in [-0.05, 0) is 112 Å². The normalized spacial score (nSPS) is 16.4. The van der Waals surface area contributed by atoms with E-state index in [9.17, 15) is 9.90 Å². The molecule has 0 atom stereocenters. The molecule has 52 heavy (non-hydrogen) atoms. The first-order valence-electron chi connectivity index (χ1n) is 17.8. The Kier molecular flexibility index (Phi) is 10.4. The number of aromatic nitrogens is 3. The van der Waals surface area contributed by atoms with Gasteiger partial charge >= 0.3 is 0 Å². The number of piperidine rings is 2. The molecule has 2 aliphatic rings. The highest BCUT2D eigenvalue weighted by Crippen LogP contribution is 2.37. The van der Waals surface area contributed by atoms with Crippen molar-refractivity contribution in [1.29, 1.82) is 0 Å². The number of benzene rings is 3. The third-order valence-corrected chi connectivity index (χ3v) is 10.5. The average Bonchev–Trinajstić information content (AvgIpc) is 3.58. The number of amides is 1. The summed E-state index contributed by atoms with van der Waals surface area (Å²) >= 11 is 6.50. The number of hydrogen-bond acceptors (Lipinski definition) is 7. The van der Waals surface area contributed by atoms with Gasteiger partial charge < -0.3 is 20.1 Å². The topological polar surface area (TPSA) is 107 Å². The molecule has 0 saturated carbocycles. The van der Waals surface area contributed by atoms with E-state index in [1.165, 1.54) is 43.9 Å². The molecule has 0 bridgehead atoms. The number of nitrogens with one attached hydrogen (secondary N) is 2. The van der Waals surface area contributed by atoms with Gasteiger partial charge in [-0.1, -0.05) is 30.3 Å². The van der Waals surface area contributed by atoms with Crippen LogP contribution in [0.3, 0.4) is 0 Å². The van der Waals surface area contributed by atoms with E-state index in [0.29, 0.717) is 50.0 Å². The molecule has 0 aliphatic carbocycles. The fourth-order valence-electron chi connectivity index (χ4n) is 7.16. The van der Waals surface area contributed by atoms with E-state index in [-0.39, 0.29) is 11.3 Å². The first-order valence-corrected chi connectivity index (χ1v) is 18.1. The molecular weight excluding hydrogens is 686 g/mol. The van der Waals surface area contributed by atoms with Gasteiger partial charge in [-0.2, -0.15) is 0 Å². The van der Waals surface area contributed by atoms with E-state index in [1.54, 1.807) is 6.92 Å². The number of rotatable bonds is 9. The van der Waals surface area contributed by atoms with E-state index in [1.807, 2.05) is 6.07 Å². The van der Waals surface area contributed by atoms with Crippen molar-refractivity contribution in [2.24, 2.45) is 0 Å². The molecule has 2 aliphatic heterocycles. The second kappa shape index (κ2) is 15.0. The van der Waals surface area contributed by atoms with Crippen molar-refractivity contribution in [3.8, 4) is 22.5 Å². The highest BCUT2D eigenvalue weighted by molar-refractivity contribution is 6.39. The lowest BCUT2D eigenvalue weighted by Gasteiger charge is -2.35. The number of H-pyrrole nitrogens is 1. The molecule has 7 rings (SSSR count). The van der Waals surface area contributed by atoms with Gasteiger partial charge in [-0.25, -0.2) is 23.2 Å². The van der Waals surface area contributed by atoms with Gasteiger partial charge in [0.2, 0.25) is 0 Å². The number of aliphatic hydroxyl groups is 1. The Morgan fingerprint density at radius 3 is 2.40 bits per heavy atom. The molecule has 0 radical (unpaired) electrons. The molecule has 272 valence electrons. The minimum Gasteiger partial charge on any atom is -0.386 e. The summed E-state index contributed by atoms with van der Waals surface area (Å²) in [5.41, 5.74) is 3.63. The molecule has 0 spiro atoms. The number of anilines is 1. The molecule has 5 aromatic rings. The highest BCUT2D eigenvalue weighted by Gasteiger charge is 2.27. The van der Waals surface area contributed by atoms with Gasteiger partial charge in [-0.15, -0.1) is 0 Å². The Morgan fingerprint density at radius 2 is 1.71 bits per heavy atom. The number of carbonyl (C=O) groups excluding carboxylic acids is 1. The quantitative estimate of drug-likeness (QED) is 0.134. The maximum Gasteiger partial charge on any atom is 0.275 e. The summed E-state index contributed by atoms with van der Waals surface area (Å²) in [7, 11) is 0. The monoisotopic (exact) mass is 728 g/mol. The van der Waals surface area contributed by atoms with E-state index in [4.69, 9.17) is 16.5 Å². The van der Waals surface area contributed by atoms with Gasteiger partial charge in [0.15, 0.2) is 0 Å². The largest absolute Gasteiger partial charge is 0.386 e. The van der Waals surface area contributed by atoms with Crippen LogP contribution in [0.25, 0.3) is 33.5 Å². The number of hydrogen-bond donors (Lipinski definition) is 3. The predicted molar refractivity (Wildman–Crippen MR) is 199 cm³/mol. The van der Waals surface area contributed by atoms with Crippen LogP contribution in [0.5, 0.6) is 0 Å². The molecule has 3 aromatic carbocycles. The van der Waals surface area contributed by atoms with Crippen molar-refractivity contribution < 1.29 is 23.4 Å². The van der Waals surface area contributed by atoms with Crippen LogP contribution in [0, 0.1) is 18.6 Å². The second-order valence-corrected chi connectivity index (χ2v) is 14.7. The number of ether oxygens (including phenoxy) is 1. The molecule has 1 amide bonds. The third-order valence-electron chi connectivity index (χ3n) is 10.2.